The Labute approximate surface area is 130 Å². The van der Waals surface area contributed by atoms with Gasteiger partial charge in [0.25, 0.3) is 0 Å². The van der Waals surface area contributed by atoms with Crippen LogP contribution in [0.2, 0.25) is 0 Å². The molecule has 6 heteroatoms. The number of ether oxygens (including phenoxy) is 3. The summed E-state index contributed by atoms with van der Waals surface area (Å²) in [5.74, 6) is 2.59. The van der Waals surface area contributed by atoms with Crippen molar-refractivity contribution < 1.29 is 19.0 Å². The van der Waals surface area contributed by atoms with Crippen molar-refractivity contribution in [3.8, 4) is 11.5 Å². The van der Waals surface area contributed by atoms with E-state index in [0.29, 0.717) is 6.42 Å². The van der Waals surface area contributed by atoms with Crippen LogP contribution in [-0.2, 0) is 11.2 Å². The van der Waals surface area contributed by atoms with E-state index in [2.05, 4.69) is 6.92 Å². The summed E-state index contributed by atoms with van der Waals surface area (Å²) in [4.78, 5) is 11.6. The van der Waals surface area contributed by atoms with Gasteiger partial charge < -0.3 is 19.9 Å². The van der Waals surface area contributed by atoms with Crippen molar-refractivity contribution in [1.29, 1.82) is 0 Å². The lowest BCUT2D eigenvalue weighted by molar-refractivity contribution is 0.158. The standard InChI is InChI=1S/C15H23NO4S/c1-4-5-8-21-14-12(18-2)9-11(10-13(14)19-3)6-7-20-15(16)17/h9-10H,4-8H2,1-3H3,(H2,16,17). The zero-order valence-corrected chi connectivity index (χ0v) is 13.6. The number of hydrogen-bond acceptors (Lipinski definition) is 5. The molecule has 0 bridgehead atoms. The topological polar surface area (TPSA) is 70.8 Å². The maximum absolute atomic E-state index is 10.6. The van der Waals surface area contributed by atoms with Gasteiger partial charge in [-0.15, -0.1) is 11.8 Å². The number of methoxy groups -OCH3 is 2. The van der Waals surface area contributed by atoms with Crippen LogP contribution in [0.4, 0.5) is 4.79 Å². The first-order valence-corrected chi connectivity index (χ1v) is 7.90. The third-order valence-corrected chi connectivity index (χ3v) is 4.08. The number of rotatable bonds is 9. The van der Waals surface area contributed by atoms with Gasteiger partial charge in [-0.25, -0.2) is 4.79 Å². The molecule has 21 heavy (non-hydrogen) atoms. The molecule has 0 unspecified atom stereocenters. The van der Waals surface area contributed by atoms with Crippen LogP contribution in [0.5, 0.6) is 11.5 Å². The molecular weight excluding hydrogens is 290 g/mol. The number of unbranched alkanes of at least 4 members (excludes halogenated alkanes) is 1. The van der Waals surface area contributed by atoms with Crippen LogP contribution in [0.15, 0.2) is 17.0 Å². The van der Waals surface area contributed by atoms with Crippen LogP contribution in [-0.4, -0.2) is 32.7 Å². The van der Waals surface area contributed by atoms with Crippen molar-refractivity contribution >= 4 is 17.9 Å². The van der Waals surface area contributed by atoms with E-state index in [1.807, 2.05) is 12.1 Å². The molecule has 0 radical (unpaired) electrons. The Kier molecular flexibility index (Phi) is 7.82. The summed E-state index contributed by atoms with van der Waals surface area (Å²) in [6.07, 6.45) is 2.10. The number of nitrogens with two attached hydrogens (primary N) is 1. The molecule has 0 fully saturated rings. The van der Waals surface area contributed by atoms with Crippen LogP contribution in [0, 0.1) is 0 Å². The molecule has 0 atom stereocenters. The van der Waals surface area contributed by atoms with E-state index in [1.54, 1.807) is 26.0 Å². The molecule has 0 aliphatic carbocycles. The number of benzene rings is 1. The smallest absolute Gasteiger partial charge is 0.404 e. The maximum atomic E-state index is 10.6. The summed E-state index contributed by atoms with van der Waals surface area (Å²) in [5.41, 5.74) is 5.92. The summed E-state index contributed by atoms with van der Waals surface area (Å²) in [6, 6.07) is 3.89. The lowest BCUT2D eigenvalue weighted by atomic mass is 10.1. The number of carbonyl (C=O) groups excluding carboxylic acids is 1. The van der Waals surface area contributed by atoms with Crippen LogP contribution in [0.1, 0.15) is 25.3 Å². The minimum atomic E-state index is -0.763. The van der Waals surface area contributed by atoms with E-state index in [0.717, 1.165) is 40.6 Å². The fourth-order valence-electron chi connectivity index (χ4n) is 1.81. The van der Waals surface area contributed by atoms with Gasteiger partial charge in [0.2, 0.25) is 0 Å². The van der Waals surface area contributed by atoms with Crippen molar-refractivity contribution in [3.05, 3.63) is 17.7 Å². The summed E-state index contributed by atoms with van der Waals surface area (Å²) in [5, 5.41) is 0. The molecule has 0 spiro atoms. The molecule has 5 nitrogen and oxygen atoms in total. The molecule has 0 aliphatic rings. The molecule has 1 aromatic carbocycles. The van der Waals surface area contributed by atoms with E-state index in [1.165, 1.54) is 0 Å². The second-order valence-corrected chi connectivity index (χ2v) is 5.55. The molecule has 1 rings (SSSR count). The summed E-state index contributed by atoms with van der Waals surface area (Å²) in [6.45, 7) is 2.40. The number of carbonyl (C=O) groups is 1. The fraction of sp³-hybridized carbons (Fsp3) is 0.533. The van der Waals surface area contributed by atoms with Crippen molar-refractivity contribution in [2.45, 2.75) is 31.1 Å². The van der Waals surface area contributed by atoms with Crippen LogP contribution >= 0.6 is 11.8 Å². The molecule has 0 saturated carbocycles. The van der Waals surface area contributed by atoms with E-state index in [-0.39, 0.29) is 6.61 Å². The van der Waals surface area contributed by atoms with Crippen molar-refractivity contribution in [1.82, 2.24) is 0 Å². The van der Waals surface area contributed by atoms with E-state index < -0.39 is 6.09 Å². The highest BCUT2D eigenvalue weighted by molar-refractivity contribution is 7.99. The first-order valence-electron chi connectivity index (χ1n) is 6.92. The maximum Gasteiger partial charge on any atom is 0.404 e. The summed E-state index contributed by atoms with van der Waals surface area (Å²) in [7, 11) is 3.28. The van der Waals surface area contributed by atoms with Gasteiger partial charge in [-0.3, -0.25) is 0 Å². The van der Waals surface area contributed by atoms with E-state index in [4.69, 9.17) is 19.9 Å². The van der Waals surface area contributed by atoms with Crippen LogP contribution in [0.25, 0.3) is 0 Å². The van der Waals surface area contributed by atoms with E-state index >= 15 is 0 Å². The predicted molar refractivity (Wildman–Crippen MR) is 84.4 cm³/mol. The highest BCUT2D eigenvalue weighted by Gasteiger charge is 2.13. The first kappa shape index (κ1) is 17.5. The number of hydrogen-bond donors (Lipinski definition) is 1. The second-order valence-electron chi connectivity index (χ2n) is 4.45. The molecule has 0 aliphatic heterocycles. The predicted octanol–water partition coefficient (Wildman–Crippen LogP) is 3.23. The van der Waals surface area contributed by atoms with Gasteiger partial charge >= 0.3 is 6.09 Å². The summed E-state index contributed by atoms with van der Waals surface area (Å²) < 4.78 is 15.7. The summed E-state index contributed by atoms with van der Waals surface area (Å²) >= 11 is 1.73. The Morgan fingerprint density at radius 3 is 2.33 bits per heavy atom. The molecule has 1 amide bonds. The molecule has 0 aromatic heterocycles. The van der Waals surface area contributed by atoms with Crippen LogP contribution < -0.4 is 15.2 Å². The third kappa shape index (κ3) is 5.75. The first-order chi connectivity index (χ1) is 10.1. The Bertz CT molecular complexity index is 440. The van der Waals surface area contributed by atoms with Crippen molar-refractivity contribution in [2.75, 3.05) is 26.6 Å². The number of amides is 1. The molecule has 1 aromatic rings. The zero-order chi connectivity index (χ0) is 15.7. The third-order valence-electron chi connectivity index (χ3n) is 2.90. The van der Waals surface area contributed by atoms with Gasteiger partial charge in [-0.1, -0.05) is 13.3 Å². The molecule has 0 saturated heterocycles. The normalized spacial score (nSPS) is 10.2. The van der Waals surface area contributed by atoms with Gasteiger partial charge in [-0.2, -0.15) is 0 Å². The van der Waals surface area contributed by atoms with Crippen molar-refractivity contribution in [2.24, 2.45) is 5.73 Å². The Balaban J connectivity index is 2.86. The number of thioether (sulfide) groups is 1. The quantitative estimate of drug-likeness (QED) is 0.560. The lowest BCUT2D eigenvalue weighted by Crippen LogP contribution is -2.14. The van der Waals surface area contributed by atoms with E-state index in [9.17, 15) is 4.79 Å². The molecular formula is C15H23NO4S. The Hall–Kier alpha value is -1.56. The highest BCUT2D eigenvalue weighted by Crippen LogP contribution is 2.39. The molecule has 118 valence electrons. The molecule has 2 N–H and O–H groups in total. The van der Waals surface area contributed by atoms with Gasteiger partial charge in [0.1, 0.15) is 11.5 Å². The van der Waals surface area contributed by atoms with Gasteiger partial charge in [-0.05, 0) is 29.9 Å². The van der Waals surface area contributed by atoms with Gasteiger partial charge in [0.15, 0.2) is 0 Å². The SMILES string of the molecule is CCCCSc1c(OC)cc(CCOC(N)=O)cc1OC. The fourth-order valence-corrected chi connectivity index (χ4v) is 3.02. The monoisotopic (exact) mass is 313 g/mol. The zero-order valence-electron chi connectivity index (χ0n) is 12.8. The minimum Gasteiger partial charge on any atom is -0.495 e. The number of primary amides is 1. The highest BCUT2D eigenvalue weighted by atomic mass is 32.2. The lowest BCUT2D eigenvalue weighted by Gasteiger charge is -2.15. The average Bonchev–Trinajstić information content (AvgIpc) is 2.47. The van der Waals surface area contributed by atoms with Crippen LogP contribution in [0.3, 0.4) is 0 Å². The average molecular weight is 313 g/mol. The van der Waals surface area contributed by atoms with Crippen molar-refractivity contribution in [3.63, 3.8) is 0 Å². The van der Waals surface area contributed by atoms with Gasteiger partial charge in [0.05, 0.1) is 25.7 Å². The van der Waals surface area contributed by atoms with Gasteiger partial charge in [0, 0.05) is 6.42 Å². The largest absolute Gasteiger partial charge is 0.495 e. The molecule has 0 heterocycles. The Morgan fingerprint density at radius 1 is 1.24 bits per heavy atom. The minimum absolute atomic E-state index is 0.240. The Morgan fingerprint density at radius 2 is 1.86 bits per heavy atom. The second kappa shape index (κ2) is 9.39.